The van der Waals surface area contributed by atoms with E-state index in [-0.39, 0.29) is 4.90 Å². The summed E-state index contributed by atoms with van der Waals surface area (Å²) in [5, 5.41) is 5.64. The van der Waals surface area contributed by atoms with Crippen molar-refractivity contribution in [2.75, 3.05) is 23.3 Å². The Morgan fingerprint density at radius 2 is 1.82 bits per heavy atom. The molecule has 2 unspecified atom stereocenters. The van der Waals surface area contributed by atoms with Crippen LogP contribution in [0.5, 0.6) is 5.75 Å². The zero-order valence-electron chi connectivity index (χ0n) is 22.1. The van der Waals surface area contributed by atoms with Crippen molar-refractivity contribution in [1.29, 1.82) is 0 Å². The molecule has 0 spiro atoms. The number of fused-ring (bicyclic) bond motifs is 1. The fourth-order valence-corrected chi connectivity index (χ4v) is 7.05. The number of nitrogens with one attached hydrogen (secondary N) is 2. The second-order valence-corrected chi connectivity index (χ2v) is 11.2. The molecule has 2 N–H and O–H groups in total. The molecule has 0 radical (unpaired) electrons. The van der Waals surface area contributed by atoms with Crippen LogP contribution in [0.1, 0.15) is 29.2 Å². The van der Waals surface area contributed by atoms with Gasteiger partial charge in [0.15, 0.2) is 0 Å². The Morgan fingerprint density at radius 1 is 1.13 bits per heavy atom. The molecule has 2 amide bonds. The van der Waals surface area contributed by atoms with Crippen LogP contribution < -0.4 is 19.7 Å². The van der Waals surface area contributed by atoms with Crippen LogP contribution in [0.3, 0.4) is 0 Å². The molecule has 1 aliphatic rings. The van der Waals surface area contributed by atoms with Gasteiger partial charge in [0, 0.05) is 18.9 Å². The molecule has 3 aromatic rings. The van der Waals surface area contributed by atoms with Gasteiger partial charge in [0.25, 0.3) is 10.0 Å². The molecule has 9 nitrogen and oxygen atoms in total. The van der Waals surface area contributed by atoms with E-state index < -0.39 is 33.8 Å². The first-order chi connectivity index (χ1) is 18.1. The number of carbonyl (C=O) groups is 2. The number of aromatic nitrogens is 1. The fourth-order valence-electron chi connectivity index (χ4n) is 4.86. The predicted octanol–water partition coefficient (Wildman–Crippen LogP) is 3.53. The minimum atomic E-state index is -4.28. The number of rotatable bonds is 8. The second-order valence-electron chi connectivity index (χ2n) is 9.41. The zero-order chi connectivity index (χ0) is 27.6. The first kappa shape index (κ1) is 27.1. The van der Waals surface area contributed by atoms with Gasteiger partial charge in [-0.3, -0.25) is 18.9 Å². The van der Waals surface area contributed by atoms with Crippen molar-refractivity contribution in [2.24, 2.45) is 5.92 Å². The summed E-state index contributed by atoms with van der Waals surface area (Å²) in [7, 11) is -2.75. The number of aryl methyl sites for hydroxylation is 1. The molecule has 0 fully saturated rings. The molecule has 0 saturated carbocycles. The number of amides is 2. The van der Waals surface area contributed by atoms with Gasteiger partial charge in [0.05, 0.1) is 29.3 Å². The predicted molar refractivity (Wildman–Crippen MR) is 146 cm³/mol. The second kappa shape index (κ2) is 10.8. The average Bonchev–Trinajstić information content (AvgIpc) is 2.89. The minimum Gasteiger partial charge on any atom is -0.496 e. The van der Waals surface area contributed by atoms with Gasteiger partial charge in [-0.05, 0) is 79.8 Å². The normalized spacial score (nSPS) is 15.9. The average molecular weight is 537 g/mol. The number of anilines is 2. The monoisotopic (exact) mass is 536 g/mol. The highest BCUT2D eigenvalue weighted by Gasteiger charge is 2.46. The largest absolute Gasteiger partial charge is 0.496 e. The summed E-state index contributed by atoms with van der Waals surface area (Å²) >= 11 is 0. The Bertz CT molecular complexity index is 1470. The lowest BCUT2D eigenvalue weighted by molar-refractivity contribution is -0.129. The number of para-hydroxylation sites is 2. The molecular formula is C28H32N4O5S. The zero-order valence-corrected chi connectivity index (χ0v) is 22.9. The van der Waals surface area contributed by atoms with Crippen molar-refractivity contribution in [3.8, 4) is 5.75 Å². The third kappa shape index (κ3) is 4.96. The third-order valence-corrected chi connectivity index (χ3v) is 9.07. The van der Waals surface area contributed by atoms with E-state index in [0.717, 1.165) is 9.87 Å². The maximum absolute atomic E-state index is 14.4. The Labute approximate surface area is 223 Å². The molecule has 2 heterocycles. The summed E-state index contributed by atoms with van der Waals surface area (Å²) in [4.78, 5) is 30.7. The van der Waals surface area contributed by atoms with Crippen LogP contribution in [-0.4, -0.2) is 44.9 Å². The molecule has 200 valence electrons. The number of ether oxygens (including phenoxy) is 1. The maximum atomic E-state index is 14.4. The standard InChI is InChI=1S/C28H32N4O5S/c1-17-16-24(37-5)18(2)19(3)26(17)38(35,36)32-23-9-7-6-8-22(23)31-28(34)25(32)20(4)27(33)30-15-12-21-10-13-29-14-11-21/h6-11,13-14,16,20,25H,12,15H2,1-5H3,(H,30,33)(H,31,34). The van der Waals surface area contributed by atoms with Crippen LogP contribution in [0.4, 0.5) is 11.4 Å². The van der Waals surface area contributed by atoms with E-state index in [2.05, 4.69) is 15.6 Å². The molecule has 0 saturated heterocycles. The molecule has 1 aliphatic heterocycles. The highest BCUT2D eigenvalue weighted by atomic mass is 32.2. The quantitative estimate of drug-likeness (QED) is 0.455. The SMILES string of the molecule is COc1cc(C)c(S(=O)(=O)N2c3ccccc3NC(=O)C2C(C)C(=O)NCCc2ccncc2)c(C)c1C. The van der Waals surface area contributed by atoms with Crippen molar-refractivity contribution in [2.45, 2.75) is 45.1 Å². The molecule has 38 heavy (non-hydrogen) atoms. The van der Waals surface area contributed by atoms with Crippen molar-refractivity contribution < 1.29 is 22.7 Å². The molecule has 2 aromatic carbocycles. The highest BCUT2D eigenvalue weighted by molar-refractivity contribution is 7.93. The van der Waals surface area contributed by atoms with Crippen molar-refractivity contribution in [1.82, 2.24) is 10.3 Å². The molecule has 0 aliphatic carbocycles. The van der Waals surface area contributed by atoms with Crippen LogP contribution in [-0.2, 0) is 26.0 Å². The van der Waals surface area contributed by atoms with E-state index in [1.54, 1.807) is 70.4 Å². The molecule has 2 atom stereocenters. The van der Waals surface area contributed by atoms with E-state index in [1.807, 2.05) is 12.1 Å². The number of methoxy groups -OCH3 is 1. The van der Waals surface area contributed by atoms with Crippen molar-refractivity contribution in [3.63, 3.8) is 0 Å². The van der Waals surface area contributed by atoms with E-state index in [4.69, 9.17) is 4.74 Å². The van der Waals surface area contributed by atoms with E-state index in [0.29, 0.717) is 46.8 Å². The summed E-state index contributed by atoms with van der Waals surface area (Å²) in [6.07, 6.45) is 3.93. The van der Waals surface area contributed by atoms with Crippen molar-refractivity contribution in [3.05, 3.63) is 77.1 Å². The summed E-state index contributed by atoms with van der Waals surface area (Å²) in [6.45, 7) is 7.11. The van der Waals surface area contributed by atoms with Gasteiger partial charge in [-0.2, -0.15) is 0 Å². The molecule has 10 heteroatoms. The van der Waals surface area contributed by atoms with Gasteiger partial charge in [-0.15, -0.1) is 0 Å². The topological polar surface area (TPSA) is 118 Å². The number of hydrogen-bond donors (Lipinski definition) is 2. The maximum Gasteiger partial charge on any atom is 0.265 e. The Hall–Kier alpha value is -3.92. The van der Waals surface area contributed by atoms with E-state index in [9.17, 15) is 18.0 Å². The Kier molecular flexibility index (Phi) is 7.73. The first-order valence-corrected chi connectivity index (χ1v) is 13.8. The summed E-state index contributed by atoms with van der Waals surface area (Å²) in [6, 6.07) is 10.8. The molecular weight excluding hydrogens is 504 g/mol. The number of nitrogens with zero attached hydrogens (tertiary/aromatic N) is 2. The van der Waals surface area contributed by atoms with Gasteiger partial charge in [0.1, 0.15) is 11.8 Å². The molecule has 0 bridgehead atoms. The summed E-state index contributed by atoms with van der Waals surface area (Å²) < 4.78 is 35.3. The van der Waals surface area contributed by atoms with Crippen LogP contribution >= 0.6 is 0 Å². The fraction of sp³-hybridized carbons (Fsp3) is 0.321. The lowest BCUT2D eigenvalue weighted by Crippen LogP contribution is -2.57. The number of sulfonamides is 1. The van der Waals surface area contributed by atoms with Gasteiger partial charge in [-0.1, -0.05) is 19.1 Å². The Morgan fingerprint density at radius 3 is 2.50 bits per heavy atom. The molecule has 1 aromatic heterocycles. The number of benzene rings is 2. The summed E-state index contributed by atoms with van der Waals surface area (Å²) in [5.41, 5.74) is 3.37. The number of hydrogen-bond acceptors (Lipinski definition) is 6. The van der Waals surface area contributed by atoms with Crippen LogP contribution in [0.25, 0.3) is 0 Å². The molecule has 4 rings (SSSR count). The van der Waals surface area contributed by atoms with Crippen LogP contribution in [0, 0.1) is 26.7 Å². The van der Waals surface area contributed by atoms with Crippen molar-refractivity contribution >= 4 is 33.2 Å². The van der Waals surface area contributed by atoms with Crippen LogP contribution in [0.15, 0.2) is 59.8 Å². The Balaban J connectivity index is 1.74. The van der Waals surface area contributed by atoms with Gasteiger partial charge in [-0.25, -0.2) is 8.42 Å². The number of carbonyl (C=O) groups excluding carboxylic acids is 2. The van der Waals surface area contributed by atoms with Crippen LogP contribution in [0.2, 0.25) is 0 Å². The van der Waals surface area contributed by atoms with E-state index in [1.165, 1.54) is 7.11 Å². The van der Waals surface area contributed by atoms with Gasteiger partial charge >= 0.3 is 0 Å². The van der Waals surface area contributed by atoms with E-state index >= 15 is 0 Å². The number of pyridine rings is 1. The highest BCUT2D eigenvalue weighted by Crippen LogP contribution is 2.41. The summed E-state index contributed by atoms with van der Waals surface area (Å²) in [5.74, 6) is -1.38. The third-order valence-electron chi connectivity index (χ3n) is 6.99. The lowest BCUT2D eigenvalue weighted by Gasteiger charge is -2.39. The van der Waals surface area contributed by atoms with Gasteiger partial charge < -0.3 is 15.4 Å². The lowest BCUT2D eigenvalue weighted by atomic mass is 9.97. The minimum absolute atomic E-state index is 0.0931. The van der Waals surface area contributed by atoms with Gasteiger partial charge in [0.2, 0.25) is 11.8 Å². The first-order valence-electron chi connectivity index (χ1n) is 12.3. The smallest absolute Gasteiger partial charge is 0.265 e.